The van der Waals surface area contributed by atoms with Crippen LogP contribution in [-0.2, 0) is 110 Å². The number of aryl methyl sites for hydroxylation is 3. The molecule has 144 heavy (non-hydrogen) atoms. The molecule has 0 saturated heterocycles. The average molecular weight is 2020 g/mol. The summed E-state index contributed by atoms with van der Waals surface area (Å²) in [5.74, 6) is -0.0245. The van der Waals surface area contributed by atoms with Crippen LogP contribution in [0.2, 0.25) is 0 Å². The highest BCUT2D eigenvalue weighted by Gasteiger charge is 2.20. The van der Waals surface area contributed by atoms with Gasteiger partial charge in [0.25, 0.3) is 0 Å². The number of urea groups is 1. The van der Waals surface area contributed by atoms with E-state index in [9.17, 15) is 9.59 Å². The van der Waals surface area contributed by atoms with E-state index in [0.29, 0.717) is 18.9 Å². The van der Waals surface area contributed by atoms with Crippen LogP contribution < -0.4 is 85.7 Å². The predicted molar refractivity (Wildman–Crippen MR) is 588 cm³/mol. The Kier molecular flexibility index (Phi) is 51.8. The molecule has 0 fully saturated rings. The van der Waals surface area contributed by atoms with Gasteiger partial charge in [0.2, 0.25) is 5.91 Å². The number of carbonyl (C=O) groups is 2. The standard InChI is InChI=1S/C38H38N4O2.2C29H39N3.C22H24N2.2CH4O3S.2ClH/c1-28-8-18-34(19-9-28)39-37(43)24-30-12-14-32(15-13-30)26-42(25-31-6-4-3-5-7-31)27-33-16-22-36(23-17-33)41-38(44)40-35-20-10-29(2)11-21-35;2*1-5-31(6-2)28-18-14-26(15-19-28)23-30(22-25-12-10-9-11-13-25)24-27-16-20-29(21-17-27)32(7-3)8-4;1-18-7-9-20(10-8-18)16-24(15-19-5-3-2-4-6-19)17-21-11-13-22(23)14-12-21;2*1-5(2,3)4;;/h3-23H,24-27H2,1-2H3,(H,39,43)(H2,40,41,44);2*9-21H,5-8,22-24H2,1-4H3;2-14H,15-17,23H2,1H3;2*1H3,(H,2,3,4);2*1H. The smallest absolute Gasteiger partial charge is 0.323 e. The first-order valence-electron chi connectivity index (χ1n) is 49.6. The van der Waals surface area contributed by atoms with Crippen molar-refractivity contribution in [3.05, 3.63) is 453 Å². The highest BCUT2D eigenvalue weighted by Crippen LogP contribution is 2.22. The molecule has 0 bridgehead atoms. The summed E-state index contributed by atoms with van der Waals surface area (Å²) in [6.07, 6.45) is 1.54. The normalized spacial score (nSPS) is 11.2. The van der Waals surface area contributed by atoms with E-state index in [4.69, 9.17) is 31.7 Å². The van der Waals surface area contributed by atoms with Gasteiger partial charge in [-0.15, -0.1) is 0 Å². The van der Waals surface area contributed by atoms with E-state index in [0.717, 1.165) is 170 Å². The average Bonchev–Trinajstić information content (AvgIpc) is 0.838. The summed E-state index contributed by atoms with van der Waals surface area (Å²) < 4.78 is 54.5. The highest BCUT2D eigenvalue weighted by molar-refractivity contribution is 7.85. The van der Waals surface area contributed by atoms with Gasteiger partial charge in [0.05, 0.1) is 26.7 Å². The Morgan fingerprint density at radius 3 is 0.625 bits per heavy atom. The van der Waals surface area contributed by atoms with E-state index in [2.05, 4.69) is 371 Å². The van der Waals surface area contributed by atoms with Crippen LogP contribution >= 0.6 is 0 Å². The van der Waals surface area contributed by atoms with Crippen LogP contribution in [0.1, 0.15) is 144 Å². The zero-order valence-corrected chi connectivity index (χ0v) is 89.3. The third-order valence-electron chi connectivity index (χ3n) is 24.4. The summed E-state index contributed by atoms with van der Waals surface area (Å²) in [7, 11) is -7.83. The van der Waals surface area contributed by atoms with Crippen LogP contribution in [0.5, 0.6) is 0 Å². The molecule has 0 saturated carbocycles. The summed E-state index contributed by atoms with van der Waals surface area (Å²) in [6.45, 7) is 44.0. The van der Waals surface area contributed by atoms with E-state index in [1.165, 1.54) is 105 Å². The molecule has 0 aromatic heterocycles. The van der Waals surface area contributed by atoms with Crippen LogP contribution in [0.3, 0.4) is 0 Å². The van der Waals surface area contributed by atoms with E-state index in [1.54, 1.807) is 9.80 Å². The van der Waals surface area contributed by atoms with Crippen LogP contribution in [0.4, 0.5) is 50.3 Å². The van der Waals surface area contributed by atoms with Gasteiger partial charge in [-0.2, -0.15) is 0 Å². The lowest BCUT2D eigenvalue weighted by Crippen LogP contribution is -3.08. The van der Waals surface area contributed by atoms with Crippen molar-refractivity contribution in [3.8, 4) is 0 Å². The van der Waals surface area contributed by atoms with Crippen LogP contribution in [0, 0.1) is 20.8 Å². The number of hydrogen-bond acceptors (Lipinski definition) is 13. The second kappa shape index (κ2) is 63.3. The second-order valence-corrected chi connectivity index (χ2v) is 38.9. The zero-order chi connectivity index (χ0) is 102. The number of quaternary nitrogens is 4. The minimum Gasteiger partial charge on any atom is -1.00 e. The first kappa shape index (κ1) is 118. The summed E-state index contributed by atoms with van der Waals surface area (Å²) in [6, 6.07) is 128. The fourth-order valence-corrected chi connectivity index (χ4v) is 17.0. The molecule has 0 aliphatic heterocycles. The lowest BCUT2D eigenvalue weighted by atomic mass is 10.1. The molecule has 14 aromatic rings. The predicted octanol–water partition coefficient (Wildman–Crippen LogP) is 12.9. The molecule has 9 N–H and O–H groups in total. The second-order valence-electron chi connectivity index (χ2n) is 36.1. The molecular formula is C120H150Cl2N12O8S2. The van der Waals surface area contributed by atoms with Crippen LogP contribution in [0.25, 0.3) is 0 Å². The van der Waals surface area contributed by atoms with Gasteiger partial charge in [0, 0.05) is 177 Å². The van der Waals surface area contributed by atoms with Crippen molar-refractivity contribution in [2.45, 2.75) is 161 Å². The Morgan fingerprint density at radius 2 is 0.410 bits per heavy atom. The van der Waals surface area contributed by atoms with Crippen molar-refractivity contribution in [1.29, 1.82) is 0 Å². The number of halogens is 2. The fraction of sp³-hybridized carbons (Fsp3) is 0.283. The highest BCUT2D eigenvalue weighted by atomic mass is 35.5. The number of nitrogens with two attached hydrogens (primary N) is 1. The van der Waals surface area contributed by atoms with Gasteiger partial charge in [-0.05, 0) is 179 Å². The SMILES string of the molecule is CCN(CC)c1ccc(C[NH+](Cc2ccccc2)Cc2ccc(N(CC)CC)cc2)cc1.CCN(CC)c1ccc(C[NH+](Cc2ccccc2)Cc2ccc(N(CC)CC)cc2)cc1.CS(=O)(=O)[O-].CS(=O)(=O)[O-].Cc1ccc(C[NH+](Cc2ccccc2)Cc2ccc(N)cc2)cc1.Cc1ccc(NC(=O)Cc2ccc(C[NH+](Cc3ccccc3)Cc3ccc(NC(=O)Nc4ccc(C)cc4)cc3)cc2)cc1.[Cl-].[Cl-]. The Morgan fingerprint density at radius 1 is 0.250 bits per heavy atom. The first-order valence-corrected chi connectivity index (χ1v) is 53.3. The molecule has 2 unspecified atom stereocenters. The largest absolute Gasteiger partial charge is 1.00 e. The molecule has 0 aliphatic rings. The van der Waals surface area contributed by atoms with Crippen molar-refractivity contribution in [3.63, 3.8) is 0 Å². The number of rotatable bonds is 41. The molecule has 0 aliphatic carbocycles. The molecule has 0 radical (unpaired) electrons. The lowest BCUT2D eigenvalue weighted by molar-refractivity contribution is -0.941. The van der Waals surface area contributed by atoms with E-state index >= 15 is 0 Å². The van der Waals surface area contributed by atoms with E-state index in [1.807, 2.05) is 105 Å². The topological polar surface area (TPSA) is 241 Å². The van der Waals surface area contributed by atoms with Crippen molar-refractivity contribution in [1.82, 2.24) is 0 Å². The van der Waals surface area contributed by atoms with Gasteiger partial charge in [-0.25, -0.2) is 21.6 Å². The van der Waals surface area contributed by atoms with Crippen molar-refractivity contribution < 1.29 is 79.9 Å². The number of nitrogen functional groups attached to an aromatic ring is 1. The molecule has 0 spiro atoms. The van der Waals surface area contributed by atoms with Crippen LogP contribution in [0.15, 0.2) is 364 Å². The summed E-state index contributed by atoms with van der Waals surface area (Å²) >= 11 is 0. The molecule has 20 nitrogen and oxygen atoms in total. The van der Waals surface area contributed by atoms with Gasteiger partial charge >= 0.3 is 6.03 Å². The number of nitrogens with one attached hydrogen (secondary N) is 7. The minimum absolute atomic E-state index is 0. The lowest BCUT2D eigenvalue weighted by Gasteiger charge is -2.23. The Hall–Kier alpha value is -12.9. The van der Waals surface area contributed by atoms with E-state index in [-0.39, 0.29) is 36.8 Å². The Bertz CT molecular complexity index is 5700. The number of hydrogen-bond donors (Lipinski definition) is 8. The number of carbonyl (C=O) groups excluding carboxylic acids is 2. The quantitative estimate of drug-likeness (QED) is 0.0132. The maximum atomic E-state index is 12.6. The van der Waals surface area contributed by atoms with Crippen molar-refractivity contribution in [2.75, 3.05) is 106 Å². The Labute approximate surface area is 871 Å². The number of anilines is 8. The molecule has 0 heterocycles. The molecule has 764 valence electrons. The fourth-order valence-electron chi connectivity index (χ4n) is 17.0. The monoisotopic (exact) mass is 2020 g/mol. The van der Waals surface area contributed by atoms with Crippen LogP contribution in [-0.4, -0.2) is 103 Å². The third kappa shape index (κ3) is 45.8. The Balaban J connectivity index is 0.000000255. The summed E-state index contributed by atoms with van der Waals surface area (Å²) in [4.78, 5) is 40.7. The summed E-state index contributed by atoms with van der Waals surface area (Å²) in [5.41, 5.74) is 34.9. The zero-order valence-electron chi connectivity index (χ0n) is 86.2. The molecule has 24 heteroatoms. The number of benzene rings is 14. The molecule has 2 atom stereocenters. The first-order chi connectivity index (χ1) is 68.4. The van der Waals surface area contributed by atoms with E-state index < -0.39 is 20.2 Å². The van der Waals surface area contributed by atoms with Gasteiger partial charge in [0.1, 0.15) is 78.5 Å². The van der Waals surface area contributed by atoms with Gasteiger partial charge < -0.3 is 94.8 Å². The molecular weight excluding hydrogens is 1870 g/mol. The third-order valence-corrected chi connectivity index (χ3v) is 24.4. The van der Waals surface area contributed by atoms with Gasteiger partial charge in [-0.1, -0.05) is 284 Å². The number of nitrogens with zero attached hydrogens (tertiary/aromatic N) is 4. The molecule has 14 rings (SSSR count). The van der Waals surface area contributed by atoms with Gasteiger partial charge in [-0.3, -0.25) is 4.79 Å². The maximum absolute atomic E-state index is 12.6. The number of amides is 3. The molecule has 14 aromatic carbocycles. The maximum Gasteiger partial charge on any atom is 0.323 e. The van der Waals surface area contributed by atoms with Crippen molar-refractivity contribution >= 4 is 77.7 Å². The summed E-state index contributed by atoms with van der Waals surface area (Å²) in [5, 5.41) is 8.76. The minimum atomic E-state index is -3.92. The molecule has 3 amide bonds. The van der Waals surface area contributed by atoms with Crippen molar-refractivity contribution in [2.24, 2.45) is 0 Å². The van der Waals surface area contributed by atoms with Gasteiger partial charge in [0.15, 0.2) is 0 Å².